The molecule has 11 heteroatoms. The zero-order chi connectivity index (χ0) is 24.2. The first kappa shape index (κ1) is 24.6. The zero-order valence-electron chi connectivity index (χ0n) is 18.7. The van der Waals surface area contributed by atoms with Gasteiger partial charge in [-0.1, -0.05) is 0 Å². The molecule has 2 aliphatic heterocycles. The van der Waals surface area contributed by atoms with E-state index in [-0.39, 0.29) is 18.5 Å². The summed E-state index contributed by atoms with van der Waals surface area (Å²) in [6, 6.07) is 5.04. The van der Waals surface area contributed by atoms with Crippen molar-refractivity contribution in [3.05, 3.63) is 29.3 Å². The molecule has 2 saturated heterocycles. The van der Waals surface area contributed by atoms with E-state index in [1.54, 1.807) is 30.0 Å². The average molecular weight is 467 g/mol. The number of amides is 3. The van der Waals surface area contributed by atoms with Crippen molar-refractivity contribution in [3.8, 4) is 6.07 Å². The van der Waals surface area contributed by atoms with E-state index in [0.717, 1.165) is 6.07 Å². The molecule has 0 aliphatic carbocycles. The summed E-state index contributed by atoms with van der Waals surface area (Å²) in [5.41, 5.74) is -1.56. The monoisotopic (exact) mass is 467 g/mol. The van der Waals surface area contributed by atoms with Gasteiger partial charge in [0, 0.05) is 58.0 Å². The fraction of sp³-hybridized carbons (Fsp3) is 0.591. The SMILES string of the molecule is CNC(=O)C1CN(c2ccc(C#N)c(C(F)(F)F)c2)CC12CCN(C(=O)NCCOC)CC2. The highest BCUT2D eigenvalue weighted by atomic mass is 19.4. The third-order valence-electron chi connectivity index (χ3n) is 6.63. The second-order valence-electron chi connectivity index (χ2n) is 8.46. The van der Waals surface area contributed by atoms with E-state index in [9.17, 15) is 22.8 Å². The topological polar surface area (TPSA) is 97.7 Å². The number of urea groups is 1. The van der Waals surface area contributed by atoms with Gasteiger partial charge in [0.1, 0.15) is 0 Å². The second-order valence-corrected chi connectivity index (χ2v) is 8.46. The van der Waals surface area contributed by atoms with Crippen molar-refractivity contribution < 1.29 is 27.5 Å². The number of nitrogens with zero attached hydrogens (tertiary/aromatic N) is 3. The fourth-order valence-corrected chi connectivity index (χ4v) is 4.80. The highest BCUT2D eigenvalue weighted by molar-refractivity contribution is 5.81. The molecule has 2 aliphatic rings. The van der Waals surface area contributed by atoms with Gasteiger partial charge in [0.05, 0.1) is 29.7 Å². The summed E-state index contributed by atoms with van der Waals surface area (Å²) in [4.78, 5) is 28.5. The van der Waals surface area contributed by atoms with Crippen LogP contribution in [-0.4, -0.2) is 70.3 Å². The van der Waals surface area contributed by atoms with Gasteiger partial charge in [-0.25, -0.2) is 4.79 Å². The number of anilines is 1. The predicted octanol–water partition coefficient (Wildman–Crippen LogP) is 2.20. The van der Waals surface area contributed by atoms with Crippen molar-refractivity contribution in [3.63, 3.8) is 0 Å². The van der Waals surface area contributed by atoms with Crippen LogP contribution in [0.3, 0.4) is 0 Å². The lowest BCUT2D eigenvalue weighted by molar-refractivity contribution is -0.137. The van der Waals surface area contributed by atoms with Crippen LogP contribution >= 0.6 is 0 Å². The quantitative estimate of drug-likeness (QED) is 0.647. The molecule has 0 saturated carbocycles. The number of ether oxygens (including phenoxy) is 1. The van der Waals surface area contributed by atoms with E-state index in [0.29, 0.717) is 51.3 Å². The van der Waals surface area contributed by atoms with E-state index in [2.05, 4.69) is 10.6 Å². The summed E-state index contributed by atoms with van der Waals surface area (Å²) in [7, 11) is 3.09. The molecule has 1 atom stereocenters. The summed E-state index contributed by atoms with van der Waals surface area (Å²) in [5, 5.41) is 14.5. The van der Waals surface area contributed by atoms with Crippen LogP contribution < -0.4 is 15.5 Å². The number of piperidine rings is 1. The van der Waals surface area contributed by atoms with Crippen molar-refractivity contribution >= 4 is 17.6 Å². The van der Waals surface area contributed by atoms with Crippen molar-refractivity contribution in [1.82, 2.24) is 15.5 Å². The number of nitriles is 1. The molecule has 0 bridgehead atoms. The number of rotatable bonds is 5. The number of nitrogens with one attached hydrogen (secondary N) is 2. The Kier molecular flexibility index (Phi) is 7.37. The molecule has 8 nitrogen and oxygen atoms in total. The maximum Gasteiger partial charge on any atom is 0.417 e. The first-order chi connectivity index (χ1) is 15.6. The van der Waals surface area contributed by atoms with Gasteiger partial charge in [-0.05, 0) is 31.0 Å². The Hall–Kier alpha value is -3.00. The van der Waals surface area contributed by atoms with Gasteiger partial charge in [-0.3, -0.25) is 4.79 Å². The maximum atomic E-state index is 13.5. The molecule has 0 aromatic heterocycles. The smallest absolute Gasteiger partial charge is 0.383 e. The summed E-state index contributed by atoms with van der Waals surface area (Å²) in [6.07, 6.45) is -3.54. The standard InChI is InChI=1S/C22H28F3N5O3/c1-27-19(31)18-13-30(16-4-3-15(12-26)17(11-16)22(23,24)25)14-21(18)5-8-29(9-6-21)20(32)28-7-10-33-2/h3-4,11,18H,5-10,13-14H2,1-2H3,(H,27,31)(H,28,32). The first-order valence-electron chi connectivity index (χ1n) is 10.7. The molecule has 180 valence electrons. The summed E-state index contributed by atoms with van der Waals surface area (Å²) in [6.45, 7) is 2.35. The number of hydrogen-bond acceptors (Lipinski definition) is 5. The van der Waals surface area contributed by atoms with Crippen molar-refractivity contribution in [1.29, 1.82) is 5.26 Å². The third-order valence-corrected chi connectivity index (χ3v) is 6.63. The van der Waals surface area contributed by atoms with Crippen LogP contribution in [0, 0.1) is 22.7 Å². The minimum Gasteiger partial charge on any atom is -0.383 e. The molecule has 2 N–H and O–H groups in total. The largest absolute Gasteiger partial charge is 0.417 e. The molecule has 33 heavy (non-hydrogen) atoms. The van der Waals surface area contributed by atoms with Gasteiger partial charge in [0.2, 0.25) is 5.91 Å². The Balaban J connectivity index is 1.80. The van der Waals surface area contributed by atoms with E-state index in [1.165, 1.54) is 12.1 Å². The van der Waals surface area contributed by atoms with Gasteiger partial charge < -0.3 is 25.2 Å². The van der Waals surface area contributed by atoms with Crippen LogP contribution in [0.2, 0.25) is 0 Å². The Bertz CT molecular complexity index is 923. The van der Waals surface area contributed by atoms with Crippen LogP contribution in [-0.2, 0) is 15.7 Å². The molecular weight excluding hydrogens is 439 g/mol. The molecular formula is C22H28F3N5O3. The van der Waals surface area contributed by atoms with Crippen LogP contribution in [0.4, 0.5) is 23.7 Å². The number of alkyl halides is 3. The Morgan fingerprint density at radius 2 is 2.00 bits per heavy atom. The lowest BCUT2D eigenvalue weighted by atomic mass is 9.70. The van der Waals surface area contributed by atoms with E-state index in [1.807, 2.05) is 0 Å². The van der Waals surface area contributed by atoms with Gasteiger partial charge in [0.15, 0.2) is 0 Å². The summed E-state index contributed by atoms with van der Waals surface area (Å²) >= 11 is 0. The van der Waals surface area contributed by atoms with Crippen LogP contribution in [0.5, 0.6) is 0 Å². The van der Waals surface area contributed by atoms with Gasteiger partial charge in [0.25, 0.3) is 0 Å². The van der Waals surface area contributed by atoms with Crippen LogP contribution in [0.25, 0.3) is 0 Å². The molecule has 1 aromatic rings. The van der Waals surface area contributed by atoms with Gasteiger partial charge in [-0.2, -0.15) is 18.4 Å². The molecule has 0 radical (unpaired) electrons. The molecule has 3 amide bonds. The van der Waals surface area contributed by atoms with E-state index >= 15 is 0 Å². The lowest BCUT2D eigenvalue weighted by Crippen LogP contribution is -2.51. The van der Waals surface area contributed by atoms with Crippen molar-refractivity contribution in [2.75, 3.05) is 58.4 Å². The second kappa shape index (κ2) is 9.87. The molecule has 1 aromatic carbocycles. The predicted molar refractivity (Wildman–Crippen MR) is 114 cm³/mol. The minimum atomic E-state index is -4.65. The molecule has 2 heterocycles. The fourth-order valence-electron chi connectivity index (χ4n) is 4.80. The molecule has 1 spiro atoms. The summed E-state index contributed by atoms with van der Waals surface area (Å²) < 4.78 is 45.3. The van der Waals surface area contributed by atoms with Crippen molar-refractivity contribution in [2.45, 2.75) is 19.0 Å². The van der Waals surface area contributed by atoms with E-state index in [4.69, 9.17) is 10.00 Å². The molecule has 1 unspecified atom stereocenters. The average Bonchev–Trinajstić information content (AvgIpc) is 3.16. The van der Waals surface area contributed by atoms with Crippen LogP contribution in [0.15, 0.2) is 18.2 Å². The number of likely N-dealkylation sites (tertiary alicyclic amines) is 1. The third kappa shape index (κ3) is 5.16. The van der Waals surface area contributed by atoms with Crippen LogP contribution in [0.1, 0.15) is 24.0 Å². The zero-order valence-corrected chi connectivity index (χ0v) is 18.7. The Morgan fingerprint density at radius 3 is 2.58 bits per heavy atom. The number of halogens is 3. The highest BCUT2D eigenvalue weighted by Crippen LogP contribution is 2.47. The first-order valence-corrected chi connectivity index (χ1v) is 10.7. The summed E-state index contributed by atoms with van der Waals surface area (Å²) in [5.74, 6) is -0.591. The number of methoxy groups -OCH3 is 1. The lowest BCUT2D eigenvalue weighted by Gasteiger charge is -2.41. The number of benzene rings is 1. The molecule has 3 rings (SSSR count). The highest BCUT2D eigenvalue weighted by Gasteiger charge is 2.51. The Labute approximate surface area is 190 Å². The minimum absolute atomic E-state index is 0.166. The Morgan fingerprint density at radius 1 is 1.30 bits per heavy atom. The van der Waals surface area contributed by atoms with Crippen molar-refractivity contribution in [2.24, 2.45) is 11.3 Å². The van der Waals surface area contributed by atoms with Gasteiger partial charge >= 0.3 is 12.2 Å². The number of carbonyl (C=O) groups excluding carboxylic acids is 2. The number of hydrogen-bond donors (Lipinski definition) is 2. The maximum absolute atomic E-state index is 13.5. The van der Waals surface area contributed by atoms with Gasteiger partial charge in [-0.15, -0.1) is 0 Å². The van der Waals surface area contributed by atoms with E-state index < -0.39 is 28.6 Å². The molecule has 2 fully saturated rings. The normalized spacial score (nSPS) is 19.9. The number of carbonyl (C=O) groups is 2.